The lowest BCUT2D eigenvalue weighted by atomic mass is 10.0. The Morgan fingerprint density at radius 1 is 1.33 bits per heavy atom. The smallest absolute Gasteiger partial charge is 0.339 e. The van der Waals surface area contributed by atoms with Crippen LogP contribution in [0.5, 0.6) is 0 Å². The monoisotopic (exact) mass is 299 g/mol. The number of alkyl halides is 3. The molecule has 0 fully saturated rings. The highest BCUT2D eigenvalue weighted by atomic mass is 19.4. The molecule has 1 aromatic heterocycles. The minimum Gasteiger partial charge on any atom is -0.339 e. The molecule has 2 aromatic rings. The summed E-state index contributed by atoms with van der Waals surface area (Å²) in [7, 11) is 0. The zero-order valence-electron chi connectivity index (χ0n) is 11.5. The molecule has 0 aliphatic carbocycles. The Bertz CT molecular complexity index is 591. The van der Waals surface area contributed by atoms with Crippen LogP contribution < -0.4 is 5.73 Å². The van der Waals surface area contributed by atoms with Crippen molar-refractivity contribution in [1.29, 1.82) is 0 Å². The Kier molecular flexibility index (Phi) is 4.62. The summed E-state index contributed by atoms with van der Waals surface area (Å²) in [5.41, 5.74) is 5.14. The Labute approximate surface area is 120 Å². The molecule has 2 rings (SSSR count). The average Bonchev–Trinajstić information content (AvgIpc) is 2.92. The van der Waals surface area contributed by atoms with E-state index in [9.17, 15) is 13.2 Å². The third-order valence-corrected chi connectivity index (χ3v) is 3.29. The summed E-state index contributed by atoms with van der Waals surface area (Å²) in [6.45, 7) is 2.50. The standard InChI is InChI=1S/C14H16F3N3O/c1-2-9(8-18)6-12-19-13(20-21-12)10-4-3-5-11(7-10)14(15,16)17/h3-5,7,9H,2,6,8,18H2,1H3. The van der Waals surface area contributed by atoms with Gasteiger partial charge in [0.25, 0.3) is 0 Å². The van der Waals surface area contributed by atoms with Gasteiger partial charge in [-0.15, -0.1) is 0 Å². The fourth-order valence-electron chi connectivity index (χ4n) is 1.93. The molecule has 0 bridgehead atoms. The van der Waals surface area contributed by atoms with Gasteiger partial charge < -0.3 is 10.3 Å². The van der Waals surface area contributed by atoms with E-state index in [1.54, 1.807) is 0 Å². The van der Waals surface area contributed by atoms with E-state index in [4.69, 9.17) is 10.3 Å². The van der Waals surface area contributed by atoms with Gasteiger partial charge in [0.1, 0.15) is 0 Å². The molecular weight excluding hydrogens is 283 g/mol. The zero-order chi connectivity index (χ0) is 15.5. The predicted molar refractivity (Wildman–Crippen MR) is 71.3 cm³/mol. The molecule has 2 N–H and O–H groups in total. The molecule has 0 radical (unpaired) electrons. The van der Waals surface area contributed by atoms with Gasteiger partial charge in [-0.05, 0) is 24.6 Å². The van der Waals surface area contributed by atoms with E-state index in [0.29, 0.717) is 18.9 Å². The van der Waals surface area contributed by atoms with Crippen molar-refractivity contribution in [2.45, 2.75) is 25.9 Å². The number of nitrogens with zero attached hydrogens (tertiary/aromatic N) is 2. The van der Waals surface area contributed by atoms with E-state index in [2.05, 4.69) is 10.1 Å². The van der Waals surface area contributed by atoms with Crippen LogP contribution in [0.4, 0.5) is 13.2 Å². The molecule has 0 saturated heterocycles. The first-order valence-electron chi connectivity index (χ1n) is 6.64. The van der Waals surface area contributed by atoms with Crippen molar-refractivity contribution in [3.63, 3.8) is 0 Å². The van der Waals surface area contributed by atoms with Gasteiger partial charge in [0.05, 0.1) is 5.56 Å². The fourth-order valence-corrected chi connectivity index (χ4v) is 1.93. The average molecular weight is 299 g/mol. The Morgan fingerprint density at radius 2 is 2.10 bits per heavy atom. The van der Waals surface area contributed by atoms with Crippen LogP contribution in [0.3, 0.4) is 0 Å². The number of rotatable bonds is 5. The summed E-state index contributed by atoms with van der Waals surface area (Å²) in [5.74, 6) is 0.766. The highest BCUT2D eigenvalue weighted by molar-refractivity contribution is 5.55. The van der Waals surface area contributed by atoms with Gasteiger partial charge >= 0.3 is 6.18 Å². The minimum absolute atomic E-state index is 0.156. The number of hydrogen-bond acceptors (Lipinski definition) is 4. The number of hydrogen-bond donors (Lipinski definition) is 1. The molecule has 0 aliphatic heterocycles. The van der Waals surface area contributed by atoms with Gasteiger partial charge in [-0.1, -0.05) is 30.6 Å². The molecular formula is C14H16F3N3O. The third kappa shape index (κ3) is 3.81. The second kappa shape index (κ2) is 6.26. The van der Waals surface area contributed by atoms with E-state index in [0.717, 1.165) is 18.6 Å². The van der Waals surface area contributed by atoms with Crippen molar-refractivity contribution < 1.29 is 17.7 Å². The van der Waals surface area contributed by atoms with Crippen LogP contribution in [0.2, 0.25) is 0 Å². The number of nitrogens with two attached hydrogens (primary N) is 1. The Hall–Kier alpha value is -1.89. The van der Waals surface area contributed by atoms with Crippen LogP contribution in [-0.4, -0.2) is 16.7 Å². The molecule has 1 unspecified atom stereocenters. The lowest BCUT2D eigenvalue weighted by Crippen LogP contribution is -2.15. The molecule has 0 aliphatic rings. The highest BCUT2D eigenvalue weighted by Gasteiger charge is 2.30. The molecule has 0 saturated carbocycles. The first-order valence-corrected chi connectivity index (χ1v) is 6.64. The van der Waals surface area contributed by atoms with E-state index in [1.165, 1.54) is 12.1 Å². The van der Waals surface area contributed by atoms with Crippen LogP contribution in [0.1, 0.15) is 24.8 Å². The van der Waals surface area contributed by atoms with Crippen molar-refractivity contribution in [3.8, 4) is 11.4 Å². The zero-order valence-corrected chi connectivity index (χ0v) is 11.5. The Balaban J connectivity index is 2.22. The van der Waals surface area contributed by atoms with Crippen molar-refractivity contribution in [2.24, 2.45) is 11.7 Å². The van der Waals surface area contributed by atoms with Gasteiger partial charge in [-0.25, -0.2) is 0 Å². The molecule has 21 heavy (non-hydrogen) atoms. The van der Waals surface area contributed by atoms with Crippen molar-refractivity contribution in [1.82, 2.24) is 10.1 Å². The van der Waals surface area contributed by atoms with Gasteiger partial charge in [0, 0.05) is 12.0 Å². The minimum atomic E-state index is -4.39. The lowest BCUT2D eigenvalue weighted by Gasteiger charge is -2.07. The van der Waals surface area contributed by atoms with Crippen LogP contribution in [0.25, 0.3) is 11.4 Å². The van der Waals surface area contributed by atoms with Crippen LogP contribution in [-0.2, 0) is 12.6 Å². The second-order valence-electron chi connectivity index (χ2n) is 4.80. The number of aromatic nitrogens is 2. The quantitative estimate of drug-likeness (QED) is 0.920. The van der Waals surface area contributed by atoms with E-state index in [-0.39, 0.29) is 17.3 Å². The molecule has 0 spiro atoms. The first kappa shape index (κ1) is 15.5. The third-order valence-electron chi connectivity index (χ3n) is 3.29. The van der Waals surface area contributed by atoms with Gasteiger partial charge in [-0.2, -0.15) is 18.2 Å². The van der Waals surface area contributed by atoms with Crippen molar-refractivity contribution in [2.75, 3.05) is 6.54 Å². The second-order valence-corrected chi connectivity index (χ2v) is 4.80. The summed E-state index contributed by atoms with van der Waals surface area (Å²) in [4.78, 5) is 4.14. The van der Waals surface area contributed by atoms with Gasteiger partial charge in [0.2, 0.25) is 11.7 Å². The normalized spacial score (nSPS) is 13.4. The molecule has 0 amide bonds. The number of halogens is 3. The highest BCUT2D eigenvalue weighted by Crippen LogP contribution is 2.31. The van der Waals surface area contributed by atoms with Gasteiger partial charge in [0.15, 0.2) is 0 Å². The Morgan fingerprint density at radius 3 is 2.71 bits per heavy atom. The molecule has 1 atom stereocenters. The maximum atomic E-state index is 12.7. The summed E-state index contributed by atoms with van der Waals surface area (Å²) >= 11 is 0. The van der Waals surface area contributed by atoms with Crippen molar-refractivity contribution >= 4 is 0 Å². The topological polar surface area (TPSA) is 64.9 Å². The van der Waals surface area contributed by atoms with E-state index in [1.807, 2.05) is 6.92 Å². The van der Waals surface area contributed by atoms with Crippen LogP contribution >= 0.6 is 0 Å². The molecule has 1 heterocycles. The summed E-state index contributed by atoms with van der Waals surface area (Å²) in [5, 5.41) is 3.74. The summed E-state index contributed by atoms with van der Waals surface area (Å²) in [6, 6.07) is 4.86. The first-order chi connectivity index (χ1) is 9.94. The van der Waals surface area contributed by atoms with E-state index < -0.39 is 11.7 Å². The molecule has 1 aromatic carbocycles. The lowest BCUT2D eigenvalue weighted by molar-refractivity contribution is -0.137. The fraction of sp³-hybridized carbons (Fsp3) is 0.429. The maximum Gasteiger partial charge on any atom is 0.416 e. The largest absolute Gasteiger partial charge is 0.416 e. The molecule has 114 valence electrons. The SMILES string of the molecule is CCC(CN)Cc1nc(-c2cccc(C(F)(F)F)c2)no1. The van der Waals surface area contributed by atoms with Crippen molar-refractivity contribution in [3.05, 3.63) is 35.7 Å². The predicted octanol–water partition coefficient (Wildman–Crippen LogP) is 3.28. The van der Waals surface area contributed by atoms with Gasteiger partial charge in [-0.3, -0.25) is 0 Å². The number of benzene rings is 1. The van der Waals surface area contributed by atoms with E-state index >= 15 is 0 Å². The maximum absolute atomic E-state index is 12.7. The molecule has 4 nitrogen and oxygen atoms in total. The summed E-state index contributed by atoms with van der Waals surface area (Å²) < 4.78 is 43.1. The molecule has 7 heteroatoms. The van der Waals surface area contributed by atoms with Crippen LogP contribution in [0.15, 0.2) is 28.8 Å². The van der Waals surface area contributed by atoms with Crippen LogP contribution in [0, 0.1) is 5.92 Å². The summed E-state index contributed by atoms with van der Waals surface area (Å²) in [6.07, 6.45) is -2.99.